The van der Waals surface area contributed by atoms with Gasteiger partial charge in [-0.25, -0.2) is 0 Å². The molecule has 1 unspecified atom stereocenters. The number of benzene rings is 4. The first-order valence-corrected chi connectivity index (χ1v) is 19.1. The zero-order valence-electron chi connectivity index (χ0n) is 30.1. The minimum atomic E-state index is -0.122. The van der Waals surface area contributed by atoms with Gasteiger partial charge in [-0.15, -0.1) is 0 Å². The molecule has 2 amide bonds. The molecule has 8 rings (SSSR count). The molecule has 6 aromatic rings. The summed E-state index contributed by atoms with van der Waals surface area (Å²) in [7, 11) is 0. The highest BCUT2D eigenvalue weighted by Gasteiger charge is 2.26. The molecule has 1 aliphatic heterocycles. The van der Waals surface area contributed by atoms with Gasteiger partial charge in [0, 0.05) is 82.5 Å². The number of pyridine rings is 1. The van der Waals surface area contributed by atoms with Gasteiger partial charge in [0.25, 0.3) is 5.91 Å². The fraction of sp³-hybridized carbons (Fsp3) is 0.341. The van der Waals surface area contributed by atoms with E-state index in [2.05, 4.69) is 93.0 Å². The van der Waals surface area contributed by atoms with Crippen molar-refractivity contribution >= 4 is 55.9 Å². The molecule has 1 fully saturated rings. The van der Waals surface area contributed by atoms with Crippen LogP contribution in [0.2, 0.25) is 0 Å². The molecule has 1 saturated heterocycles. The van der Waals surface area contributed by atoms with E-state index in [4.69, 9.17) is 4.98 Å². The molecule has 0 spiro atoms. The number of amides is 2. The van der Waals surface area contributed by atoms with Crippen LogP contribution in [-0.2, 0) is 30.7 Å². The monoisotopic (exact) mass is 692 g/mol. The van der Waals surface area contributed by atoms with Crippen molar-refractivity contribution in [3.63, 3.8) is 0 Å². The standard InChI is InChI=1S/C44H48N6O2/c1-2-50-40-17-8-5-12-34(40)37-27-33(22-23-41(37)50)47-44(52)31-20-18-30(19-21-31)28-49-26-9-11-32(29-49)43(51)46-25-10-24-45-42-35-13-3-6-15-38(35)48-39-16-7-4-14-36(39)42/h3,5-6,8,12-13,15,17-23,27,32H,2,4,7,9-11,14,16,24-26,28-29H2,1H3,(H,45,48)(H,46,51)(H,47,52). The second-order valence-corrected chi connectivity index (χ2v) is 14.4. The predicted molar refractivity (Wildman–Crippen MR) is 212 cm³/mol. The summed E-state index contributed by atoms with van der Waals surface area (Å²) in [4.78, 5) is 33.7. The first kappa shape index (κ1) is 33.9. The van der Waals surface area contributed by atoms with Crippen LogP contribution in [0.15, 0.2) is 91.0 Å². The van der Waals surface area contributed by atoms with Crippen molar-refractivity contribution in [3.05, 3.63) is 113 Å². The van der Waals surface area contributed by atoms with Gasteiger partial charge < -0.3 is 20.5 Å². The summed E-state index contributed by atoms with van der Waals surface area (Å²) in [5.41, 5.74) is 9.84. The first-order valence-electron chi connectivity index (χ1n) is 19.1. The molecule has 0 radical (unpaired) electrons. The Morgan fingerprint density at radius 3 is 2.48 bits per heavy atom. The third-order valence-electron chi connectivity index (χ3n) is 11.0. The normalized spacial score (nSPS) is 16.2. The first-order chi connectivity index (χ1) is 25.6. The van der Waals surface area contributed by atoms with E-state index in [1.807, 2.05) is 30.3 Å². The number of hydrogen-bond acceptors (Lipinski definition) is 5. The molecule has 8 heteroatoms. The maximum atomic E-state index is 13.2. The number of aromatic nitrogens is 2. The number of nitrogens with zero attached hydrogens (tertiary/aromatic N) is 3. The van der Waals surface area contributed by atoms with E-state index >= 15 is 0 Å². The Bertz CT molecular complexity index is 2240. The highest BCUT2D eigenvalue weighted by molar-refractivity contribution is 6.11. The number of rotatable bonds is 11. The number of nitrogens with one attached hydrogen (secondary N) is 3. The molecule has 0 saturated carbocycles. The van der Waals surface area contributed by atoms with Gasteiger partial charge in [-0.3, -0.25) is 19.5 Å². The van der Waals surface area contributed by atoms with E-state index in [1.165, 1.54) is 51.6 Å². The lowest BCUT2D eigenvalue weighted by Gasteiger charge is -2.32. The summed E-state index contributed by atoms with van der Waals surface area (Å²) >= 11 is 0. The number of carbonyl (C=O) groups is 2. The van der Waals surface area contributed by atoms with Crippen molar-refractivity contribution < 1.29 is 9.59 Å². The lowest BCUT2D eigenvalue weighted by Crippen LogP contribution is -2.43. The molecule has 266 valence electrons. The number of hydrogen-bond donors (Lipinski definition) is 3. The van der Waals surface area contributed by atoms with E-state index in [0.717, 1.165) is 87.0 Å². The van der Waals surface area contributed by atoms with Crippen LogP contribution in [0.3, 0.4) is 0 Å². The van der Waals surface area contributed by atoms with Gasteiger partial charge in [0.05, 0.1) is 11.4 Å². The Hall–Kier alpha value is -5.21. The van der Waals surface area contributed by atoms with Crippen LogP contribution in [0.4, 0.5) is 11.4 Å². The Balaban J connectivity index is 0.817. The third kappa shape index (κ3) is 7.00. The summed E-state index contributed by atoms with van der Waals surface area (Å²) in [5, 5.41) is 13.6. The predicted octanol–water partition coefficient (Wildman–Crippen LogP) is 8.32. The van der Waals surface area contributed by atoms with Crippen molar-refractivity contribution in [2.45, 2.75) is 65.0 Å². The van der Waals surface area contributed by atoms with Gasteiger partial charge >= 0.3 is 0 Å². The van der Waals surface area contributed by atoms with Gasteiger partial charge in [-0.2, -0.15) is 0 Å². The number of anilines is 2. The van der Waals surface area contributed by atoms with E-state index in [1.54, 1.807) is 0 Å². The third-order valence-corrected chi connectivity index (χ3v) is 11.0. The SMILES string of the molecule is CCn1c2ccccc2c2cc(NC(=O)c3ccc(CN4CCCC(C(=O)NCCCNc5c6c(nc7ccccc57)CCCC6)C4)cc3)ccc21. The van der Waals surface area contributed by atoms with E-state index in [-0.39, 0.29) is 17.7 Å². The van der Waals surface area contributed by atoms with Crippen LogP contribution in [0, 0.1) is 5.92 Å². The Kier molecular flexibility index (Phi) is 9.90. The Morgan fingerprint density at radius 2 is 1.62 bits per heavy atom. The molecule has 4 aromatic carbocycles. The maximum absolute atomic E-state index is 13.2. The number of fused-ring (bicyclic) bond motifs is 5. The minimum absolute atomic E-state index is 0.00777. The van der Waals surface area contributed by atoms with Gasteiger partial charge in [-0.05, 0) is 112 Å². The average Bonchev–Trinajstić information content (AvgIpc) is 3.50. The fourth-order valence-electron chi connectivity index (χ4n) is 8.34. The van der Waals surface area contributed by atoms with Crippen LogP contribution in [-0.4, -0.2) is 52.4 Å². The lowest BCUT2D eigenvalue weighted by molar-refractivity contribution is -0.126. The molecule has 2 aliphatic rings. The van der Waals surface area contributed by atoms with Crippen molar-refractivity contribution in [2.75, 3.05) is 36.8 Å². The zero-order chi connectivity index (χ0) is 35.4. The molecule has 1 atom stereocenters. The smallest absolute Gasteiger partial charge is 0.255 e. The van der Waals surface area contributed by atoms with Crippen molar-refractivity contribution in [1.82, 2.24) is 19.8 Å². The molecule has 3 N–H and O–H groups in total. The summed E-state index contributed by atoms with van der Waals surface area (Å²) in [6, 6.07) is 30.8. The minimum Gasteiger partial charge on any atom is -0.384 e. The van der Waals surface area contributed by atoms with Crippen molar-refractivity contribution in [2.24, 2.45) is 5.92 Å². The van der Waals surface area contributed by atoms with Gasteiger partial charge in [0.2, 0.25) is 5.91 Å². The molecule has 8 nitrogen and oxygen atoms in total. The summed E-state index contributed by atoms with van der Waals surface area (Å²) < 4.78 is 2.31. The highest BCUT2D eigenvalue weighted by Crippen LogP contribution is 2.34. The molecule has 0 bridgehead atoms. The molecule has 1 aliphatic carbocycles. The van der Waals surface area contributed by atoms with Gasteiger partial charge in [-0.1, -0.05) is 48.5 Å². The van der Waals surface area contributed by atoms with E-state index < -0.39 is 0 Å². The van der Waals surface area contributed by atoms with Crippen molar-refractivity contribution in [1.29, 1.82) is 0 Å². The Labute approximate surface area is 305 Å². The summed E-state index contributed by atoms with van der Waals surface area (Å²) in [6.45, 7) is 6.99. The Morgan fingerprint density at radius 1 is 0.827 bits per heavy atom. The highest BCUT2D eigenvalue weighted by atomic mass is 16.2. The number of carbonyl (C=O) groups excluding carboxylic acids is 2. The second-order valence-electron chi connectivity index (χ2n) is 14.4. The van der Waals surface area contributed by atoms with Gasteiger partial charge in [0.15, 0.2) is 0 Å². The number of para-hydroxylation sites is 2. The summed E-state index contributed by atoms with van der Waals surface area (Å²) in [6.07, 6.45) is 7.33. The van der Waals surface area contributed by atoms with E-state index in [0.29, 0.717) is 12.1 Å². The van der Waals surface area contributed by atoms with Crippen LogP contribution in [0.5, 0.6) is 0 Å². The van der Waals surface area contributed by atoms with Crippen LogP contribution < -0.4 is 16.0 Å². The quantitative estimate of drug-likeness (QED) is 0.119. The van der Waals surface area contributed by atoms with Gasteiger partial charge in [0.1, 0.15) is 0 Å². The lowest BCUT2D eigenvalue weighted by atomic mass is 9.92. The van der Waals surface area contributed by atoms with E-state index in [9.17, 15) is 9.59 Å². The summed E-state index contributed by atoms with van der Waals surface area (Å²) in [5.74, 6) is 0.0241. The topological polar surface area (TPSA) is 91.3 Å². The second kappa shape index (κ2) is 15.2. The van der Waals surface area contributed by atoms with Crippen LogP contribution in [0.25, 0.3) is 32.7 Å². The number of piperidine rings is 1. The molecular weight excluding hydrogens is 645 g/mol. The molecular formula is C44H48N6O2. The number of aryl methyl sites for hydroxylation is 2. The molecule has 2 aromatic heterocycles. The number of likely N-dealkylation sites (tertiary alicyclic amines) is 1. The van der Waals surface area contributed by atoms with Crippen LogP contribution in [0.1, 0.15) is 66.2 Å². The zero-order valence-corrected chi connectivity index (χ0v) is 30.1. The van der Waals surface area contributed by atoms with Crippen LogP contribution >= 0.6 is 0 Å². The maximum Gasteiger partial charge on any atom is 0.255 e. The van der Waals surface area contributed by atoms with Crippen molar-refractivity contribution in [3.8, 4) is 0 Å². The average molecular weight is 693 g/mol. The largest absolute Gasteiger partial charge is 0.384 e. The fourth-order valence-corrected chi connectivity index (χ4v) is 8.34. The molecule has 3 heterocycles. The molecule has 52 heavy (non-hydrogen) atoms.